The van der Waals surface area contributed by atoms with Crippen LogP contribution in [0.1, 0.15) is 5.56 Å². The molecule has 19 heavy (non-hydrogen) atoms. The predicted molar refractivity (Wildman–Crippen MR) is 73.8 cm³/mol. The van der Waals surface area contributed by atoms with Crippen LogP contribution in [0, 0.1) is 6.92 Å². The standard InChI is InChI=1S/C15H13ClO3/c1-11-4-2-3-5-14(11)18-10-15(17)19-13-8-6-12(16)7-9-13/h2-9H,10H2,1H3. The molecule has 98 valence electrons. The zero-order valence-corrected chi connectivity index (χ0v) is 11.2. The molecular formula is C15H13ClO3. The van der Waals surface area contributed by atoms with Crippen molar-refractivity contribution in [3.05, 3.63) is 59.1 Å². The average molecular weight is 277 g/mol. The highest BCUT2D eigenvalue weighted by Gasteiger charge is 2.07. The number of benzene rings is 2. The van der Waals surface area contributed by atoms with Crippen LogP contribution >= 0.6 is 11.6 Å². The monoisotopic (exact) mass is 276 g/mol. The van der Waals surface area contributed by atoms with Crippen LogP contribution in [-0.2, 0) is 4.79 Å². The van der Waals surface area contributed by atoms with Crippen LogP contribution in [0.3, 0.4) is 0 Å². The van der Waals surface area contributed by atoms with E-state index in [9.17, 15) is 4.79 Å². The first-order valence-electron chi connectivity index (χ1n) is 5.80. The van der Waals surface area contributed by atoms with Gasteiger partial charge in [-0.1, -0.05) is 29.8 Å². The molecule has 0 aliphatic heterocycles. The van der Waals surface area contributed by atoms with Gasteiger partial charge in [0, 0.05) is 5.02 Å². The summed E-state index contributed by atoms with van der Waals surface area (Å²) in [4.78, 5) is 11.6. The first-order valence-corrected chi connectivity index (χ1v) is 6.17. The van der Waals surface area contributed by atoms with Crippen LogP contribution in [0.2, 0.25) is 5.02 Å². The van der Waals surface area contributed by atoms with E-state index >= 15 is 0 Å². The molecule has 2 rings (SSSR count). The Balaban J connectivity index is 1.88. The van der Waals surface area contributed by atoms with Crippen molar-refractivity contribution in [1.82, 2.24) is 0 Å². The summed E-state index contributed by atoms with van der Waals surface area (Å²) in [5.41, 5.74) is 0.974. The van der Waals surface area contributed by atoms with Crippen LogP contribution in [-0.4, -0.2) is 12.6 Å². The van der Waals surface area contributed by atoms with E-state index in [0.717, 1.165) is 5.56 Å². The fourth-order valence-corrected chi connectivity index (χ4v) is 1.64. The molecule has 0 bridgehead atoms. The van der Waals surface area contributed by atoms with Crippen molar-refractivity contribution in [2.75, 3.05) is 6.61 Å². The maximum Gasteiger partial charge on any atom is 0.349 e. The Morgan fingerprint density at radius 2 is 1.79 bits per heavy atom. The van der Waals surface area contributed by atoms with Gasteiger partial charge in [0.1, 0.15) is 11.5 Å². The molecule has 0 aliphatic rings. The summed E-state index contributed by atoms with van der Waals surface area (Å²) in [5.74, 6) is 0.670. The van der Waals surface area contributed by atoms with Crippen molar-refractivity contribution >= 4 is 17.6 Å². The summed E-state index contributed by atoms with van der Waals surface area (Å²) < 4.78 is 10.5. The van der Waals surface area contributed by atoms with Crippen molar-refractivity contribution in [2.24, 2.45) is 0 Å². The summed E-state index contributed by atoms with van der Waals surface area (Å²) in [6.07, 6.45) is 0. The summed E-state index contributed by atoms with van der Waals surface area (Å²) in [7, 11) is 0. The molecule has 0 radical (unpaired) electrons. The number of para-hydroxylation sites is 1. The molecule has 0 saturated heterocycles. The third-order valence-corrected chi connectivity index (χ3v) is 2.74. The Hall–Kier alpha value is -2.00. The van der Waals surface area contributed by atoms with Crippen molar-refractivity contribution in [3.8, 4) is 11.5 Å². The Labute approximate surface area is 116 Å². The van der Waals surface area contributed by atoms with Crippen molar-refractivity contribution < 1.29 is 14.3 Å². The minimum atomic E-state index is -0.453. The summed E-state index contributed by atoms with van der Waals surface area (Å²) in [6, 6.07) is 14.1. The molecule has 3 nitrogen and oxygen atoms in total. The Kier molecular flexibility index (Phi) is 4.42. The van der Waals surface area contributed by atoms with Crippen LogP contribution < -0.4 is 9.47 Å². The van der Waals surface area contributed by atoms with Crippen molar-refractivity contribution in [1.29, 1.82) is 0 Å². The molecule has 0 atom stereocenters. The maximum absolute atomic E-state index is 11.6. The van der Waals surface area contributed by atoms with E-state index in [1.807, 2.05) is 31.2 Å². The van der Waals surface area contributed by atoms with Gasteiger partial charge in [0.15, 0.2) is 6.61 Å². The number of hydrogen-bond donors (Lipinski definition) is 0. The molecule has 0 aromatic heterocycles. The highest BCUT2D eigenvalue weighted by atomic mass is 35.5. The second-order valence-corrected chi connectivity index (χ2v) is 4.42. The van der Waals surface area contributed by atoms with E-state index in [1.54, 1.807) is 24.3 Å². The number of rotatable bonds is 4. The Morgan fingerprint density at radius 1 is 1.11 bits per heavy atom. The highest BCUT2D eigenvalue weighted by molar-refractivity contribution is 6.30. The van der Waals surface area contributed by atoms with E-state index in [4.69, 9.17) is 21.1 Å². The van der Waals surface area contributed by atoms with Crippen LogP contribution in [0.15, 0.2) is 48.5 Å². The molecule has 0 aliphatic carbocycles. The number of halogens is 1. The number of hydrogen-bond acceptors (Lipinski definition) is 3. The van der Waals surface area contributed by atoms with Gasteiger partial charge in [-0.3, -0.25) is 0 Å². The first kappa shape index (κ1) is 13.4. The molecule has 0 unspecified atom stereocenters. The smallest absolute Gasteiger partial charge is 0.349 e. The third kappa shape index (κ3) is 4.00. The van der Waals surface area contributed by atoms with E-state index < -0.39 is 5.97 Å². The SMILES string of the molecule is Cc1ccccc1OCC(=O)Oc1ccc(Cl)cc1. The first-order chi connectivity index (χ1) is 9.15. The van der Waals surface area contributed by atoms with Gasteiger partial charge in [-0.2, -0.15) is 0 Å². The molecule has 2 aromatic rings. The summed E-state index contributed by atoms with van der Waals surface area (Å²) in [6.45, 7) is 1.79. The minimum absolute atomic E-state index is 0.131. The Bertz CT molecular complexity index is 564. The topological polar surface area (TPSA) is 35.5 Å². The van der Waals surface area contributed by atoms with E-state index in [0.29, 0.717) is 16.5 Å². The number of ether oxygens (including phenoxy) is 2. The lowest BCUT2D eigenvalue weighted by Gasteiger charge is -2.08. The second-order valence-electron chi connectivity index (χ2n) is 3.98. The average Bonchev–Trinajstić information content (AvgIpc) is 2.40. The molecule has 0 heterocycles. The van der Waals surface area contributed by atoms with Crippen molar-refractivity contribution in [2.45, 2.75) is 6.92 Å². The van der Waals surface area contributed by atoms with Crippen LogP contribution in [0.25, 0.3) is 0 Å². The molecule has 0 N–H and O–H groups in total. The quantitative estimate of drug-likeness (QED) is 0.632. The lowest BCUT2D eigenvalue weighted by molar-refractivity contribution is -0.136. The number of aryl methyl sites for hydroxylation is 1. The van der Waals surface area contributed by atoms with E-state index in [-0.39, 0.29) is 6.61 Å². The third-order valence-electron chi connectivity index (χ3n) is 2.48. The fraction of sp³-hybridized carbons (Fsp3) is 0.133. The Morgan fingerprint density at radius 3 is 2.47 bits per heavy atom. The molecule has 0 fully saturated rings. The van der Waals surface area contributed by atoms with Gasteiger partial charge < -0.3 is 9.47 Å². The number of esters is 1. The lowest BCUT2D eigenvalue weighted by Crippen LogP contribution is -2.17. The molecular weight excluding hydrogens is 264 g/mol. The predicted octanol–water partition coefficient (Wildman–Crippen LogP) is 3.63. The maximum atomic E-state index is 11.6. The van der Waals surface area contributed by atoms with Gasteiger partial charge >= 0.3 is 5.97 Å². The number of carbonyl (C=O) groups excluding carboxylic acids is 1. The van der Waals surface area contributed by atoms with E-state index in [2.05, 4.69) is 0 Å². The van der Waals surface area contributed by atoms with Crippen LogP contribution in [0.4, 0.5) is 0 Å². The molecule has 2 aromatic carbocycles. The normalized spacial score (nSPS) is 10.0. The minimum Gasteiger partial charge on any atom is -0.482 e. The lowest BCUT2D eigenvalue weighted by atomic mass is 10.2. The van der Waals surface area contributed by atoms with Gasteiger partial charge in [0.2, 0.25) is 0 Å². The largest absolute Gasteiger partial charge is 0.482 e. The second kappa shape index (κ2) is 6.25. The van der Waals surface area contributed by atoms with Gasteiger partial charge in [0.25, 0.3) is 0 Å². The molecule has 0 saturated carbocycles. The zero-order valence-electron chi connectivity index (χ0n) is 10.4. The van der Waals surface area contributed by atoms with Gasteiger partial charge in [0.05, 0.1) is 0 Å². The van der Waals surface area contributed by atoms with E-state index in [1.165, 1.54) is 0 Å². The van der Waals surface area contributed by atoms with Crippen LogP contribution in [0.5, 0.6) is 11.5 Å². The molecule has 0 amide bonds. The zero-order chi connectivity index (χ0) is 13.7. The van der Waals surface area contributed by atoms with Gasteiger partial charge in [-0.05, 0) is 42.8 Å². The fourth-order valence-electron chi connectivity index (χ4n) is 1.52. The number of carbonyl (C=O) groups is 1. The summed E-state index contributed by atoms with van der Waals surface area (Å²) in [5, 5.41) is 0.593. The van der Waals surface area contributed by atoms with Gasteiger partial charge in [-0.15, -0.1) is 0 Å². The van der Waals surface area contributed by atoms with Crippen molar-refractivity contribution in [3.63, 3.8) is 0 Å². The van der Waals surface area contributed by atoms with Gasteiger partial charge in [-0.25, -0.2) is 4.79 Å². The highest BCUT2D eigenvalue weighted by Crippen LogP contribution is 2.17. The molecule has 4 heteroatoms. The summed E-state index contributed by atoms with van der Waals surface area (Å²) >= 11 is 5.74. The molecule has 0 spiro atoms.